The summed E-state index contributed by atoms with van der Waals surface area (Å²) in [5.41, 5.74) is 2.96. The summed E-state index contributed by atoms with van der Waals surface area (Å²) in [7, 11) is 3.53. The molecule has 2 aromatic heterocycles. The Balaban J connectivity index is 2.09. The monoisotopic (exact) mass is 285 g/mol. The predicted molar refractivity (Wildman–Crippen MR) is 81.3 cm³/mol. The van der Waals surface area contributed by atoms with Gasteiger partial charge in [-0.15, -0.1) is 0 Å². The summed E-state index contributed by atoms with van der Waals surface area (Å²) in [4.78, 5) is 19.9. The first-order valence-corrected chi connectivity index (χ1v) is 7.15. The Morgan fingerprint density at radius 2 is 1.95 bits per heavy atom. The van der Waals surface area contributed by atoms with Crippen LogP contribution in [0.25, 0.3) is 16.2 Å². The van der Waals surface area contributed by atoms with Gasteiger partial charge in [0.1, 0.15) is 4.88 Å². The van der Waals surface area contributed by atoms with Crippen molar-refractivity contribution in [1.82, 2.24) is 14.3 Å². The molecule has 1 aromatic carbocycles. The highest BCUT2D eigenvalue weighted by Crippen LogP contribution is 2.27. The van der Waals surface area contributed by atoms with Crippen molar-refractivity contribution in [2.75, 3.05) is 14.1 Å². The number of aromatic nitrogens is 2. The molecule has 5 heteroatoms. The molecule has 2 heterocycles. The van der Waals surface area contributed by atoms with Crippen LogP contribution in [-0.2, 0) is 0 Å². The molecule has 0 aliphatic carbocycles. The molecule has 0 unspecified atom stereocenters. The van der Waals surface area contributed by atoms with Gasteiger partial charge in [0.15, 0.2) is 4.96 Å². The largest absolute Gasteiger partial charge is 0.344 e. The third kappa shape index (κ3) is 2.00. The van der Waals surface area contributed by atoms with Crippen molar-refractivity contribution in [2.45, 2.75) is 6.92 Å². The SMILES string of the molecule is Cc1c(C(=O)N(C)C)sc2nc(-c3ccccc3)cn12. The molecular formula is C15H15N3OS. The lowest BCUT2D eigenvalue weighted by molar-refractivity contribution is 0.0831. The van der Waals surface area contributed by atoms with E-state index in [1.807, 2.05) is 47.9 Å². The third-order valence-electron chi connectivity index (χ3n) is 3.23. The maximum atomic E-state index is 12.1. The number of nitrogens with zero attached hydrogens (tertiary/aromatic N) is 3. The number of carbonyl (C=O) groups excluding carboxylic acids is 1. The molecule has 3 aromatic rings. The van der Waals surface area contributed by atoms with Crippen LogP contribution < -0.4 is 0 Å². The van der Waals surface area contributed by atoms with Crippen molar-refractivity contribution < 1.29 is 4.79 Å². The van der Waals surface area contributed by atoms with Crippen LogP contribution in [0.3, 0.4) is 0 Å². The summed E-state index contributed by atoms with van der Waals surface area (Å²) in [6, 6.07) is 10.1. The topological polar surface area (TPSA) is 37.6 Å². The minimum Gasteiger partial charge on any atom is -0.344 e. The number of hydrogen-bond donors (Lipinski definition) is 0. The molecule has 0 N–H and O–H groups in total. The number of imidazole rings is 1. The second-order valence-electron chi connectivity index (χ2n) is 4.86. The molecule has 0 radical (unpaired) electrons. The number of amides is 1. The van der Waals surface area contributed by atoms with Gasteiger partial charge in [-0.25, -0.2) is 4.98 Å². The third-order valence-corrected chi connectivity index (χ3v) is 4.37. The van der Waals surface area contributed by atoms with Crippen molar-refractivity contribution in [1.29, 1.82) is 0 Å². The number of benzene rings is 1. The highest BCUT2D eigenvalue weighted by molar-refractivity contribution is 7.19. The molecule has 0 saturated carbocycles. The summed E-state index contributed by atoms with van der Waals surface area (Å²) in [5, 5.41) is 0. The zero-order valence-corrected chi connectivity index (χ0v) is 12.4. The Hall–Kier alpha value is -2.14. The van der Waals surface area contributed by atoms with Crippen molar-refractivity contribution in [2.24, 2.45) is 0 Å². The molecule has 0 saturated heterocycles. The number of aryl methyl sites for hydroxylation is 1. The predicted octanol–water partition coefficient (Wildman–Crippen LogP) is 3.07. The first-order valence-electron chi connectivity index (χ1n) is 6.33. The fourth-order valence-electron chi connectivity index (χ4n) is 2.10. The second kappa shape index (κ2) is 4.76. The van der Waals surface area contributed by atoms with Crippen LogP contribution in [0.5, 0.6) is 0 Å². The van der Waals surface area contributed by atoms with Gasteiger partial charge in [0.25, 0.3) is 5.91 Å². The number of fused-ring (bicyclic) bond motifs is 1. The van der Waals surface area contributed by atoms with Gasteiger partial charge >= 0.3 is 0 Å². The van der Waals surface area contributed by atoms with E-state index in [-0.39, 0.29) is 5.91 Å². The number of hydrogen-bond acceptors (Lipinski definition) is 3. The molecule has 0 aliphatic rings. The Morgan fingerprint density at radius 1 is 1.25 bits per heavy atom. The molecule has 1 amide bonds. The van der Waals surface area contributed by atoms with E-state index in [9.17, 15) is 4.79 Å². The molecule has 3 rings (SSSR count). The van der Waals surface area contributed by atoms with Crippen LogP contribution in [0.2, 0.25) is 0 Å². The van der Waals surface area contributed by atoms with E-state index in [2.05, 4.69) is 4.98 Å². The Kier molecular flexibility index (Phi) is 3.06. The lowest BCUT2D eigenvalue weighted by Gasteiger charge is -2.08. The fourth-order valence-corrected chi connectivity index (χ4v) is 3.23. The van der Waals surface area contributed by atoms with Crippen LogP contribution in [0.4, 0.5) is 0 Å². The Bertz CT molecular complexity index is 771. The minimum absolute atomic E-state index is 0.0271. The number of rotatable bonds is 2. The highest BCUT2D eigenvalue weighted by atomic mass is 32.1. The molecule has 0 fully saturated rings. The fraction of sp³-hybridized carbons (Fsp3) is 0.200. The standard InChI is InChI=1S/C15H15N3OS/c1-10-13(14(19)17(2)3)20-15-16-12(9-18(10)15)11-7-5-4-6-8-11/h4-9H,1-3H3. The van der Waals surface area contributed by atoms with Gasteiger partial charge in [-0.1, -0.05) is 41.7 Å². The first kappa shape index (κ1) is 12.9. The van der Waals surface area contributed by atoms with Crippen molar-refractivity contribution in [3.63, 3.8) is 0 Å². The average Bonchev–Trinajstić information content (AvgIpc) is 2.99. The van der Waals surface area contributed by atoms with E-state index >= 15 is 0 Å². The first-order chi connectivity index (χ1) is 9.58. The summed E-state index contributed by atoms with van der Waals surface area (Å²) < 4.78 is 1.99. The molecule has 0 bridgehead atoms. The van der Waals surface area contributed by atoms with E-state index in [4.69, 9.17) is 0 Å². The van der Waals surface area contributed by atoms with Gasteiger partial charge in [-0.3, -0.25) is 9.20 Å². The van der Waals surface area contributed by atoms with Gasteiger partial charge in [-0.2, -0.15) is 0 Å². The number of thiazole rings is 1. The average molecular weight is 285 g/mol. The second-order valence-corrected chi connectivity index (χ2v) is 5.84. The van der Waals surface area contributed by atoms with Gasteiger partial charge in [0.2, 0.25) is 0 Å². The number of carbonyl (C=O) groups is 1. The molecule has 0 aliphatic heterocycles. The molecule has 0 spiro atoms. The van der Waals surface area contributed by atoms with E-state index < -0.39 is 0 Å². The van der Waals surface area contributed by atoms with Gasteiger partial charge in [-0.05, 0) is 6.92 Å². The van der Waals surface area contributed by atoms with E-state index in [1.165, 1.54) is 11.3 Å². The lowest BCUT2D eigenvalue weighted by Crippen LogP contribution is -2.21. The molecule has 0 atom stereocenters. The van der Waals surface area contributed by atoms with E-state index in [0.29, 0.717) is 0 Å². The molecular weight excluding hydrogens is 270 g/mol. The zero-order chi connectivity index (χ0) is 14.3. The van der Waals surface area contributed by atoms with E-state index in [1.54, 1.807) is 19.0 Å². The maximum Gasteiger partial charge on any atom is 0.265 e. The zero-order valence-electron chi connectivity index (χ0n) is 11.6. The summed E-state index contributed by atoms with van der Waals surface area (Å²) in [6.07, 6.45) is 1.99. The normalized spacial score (nSPS) is 10.9. The van der Waals surface area contributed by atoms with Gasteiger partial charge < -0.3 is 4.90 Å². The lowest BCUT2D eigenvalue weighted by atomic mass is 10.2. The van der Waals surface area contributed by atoms with Crippen LogP contribution in [0.15, 0.2) is 36.5 Å². The van der Waals surface area contributed by atoms with Crippen LogP contribution >= 0.6 is 11.3 Å². The molecule has 102 valence electrons. The summed E-state index contributed by atoms with van der Waals surface area (Å²) in [5.74, 6) is 0.0271. The maximum absolute atomic E-state index is 12.1. The highest BCUT2D eigenvalue weighted by Gasteiger charge is 2.19. The Morgan fingerprint density at radius 3 is 2.55 bits per heavy atom. The molecule has 4 nitrogen and oxygen atoms in total. The summed E-state index contributed by atoms with van der Waals surface area (Å²) in [6.45, 7) is 1.96. The van der Waals surface area contributed by atoms with Crippen molar-refractivity contribution in [3.8, 4) is 11.3 Å². The van der Waals surface area contributed by atoms with Gasteiger partial charge in [0, 0.05) is 31.5 Å². The summed E-state index contributed by atoms with van der Waals surface area (Å²) >= 11 is 1.44. The van der Waals surface area contributed by atoms with E-state index in [0.717, 1.165) is 26.8 Å². The smallest absolute Gasteiger partial charge is 0.265 e. The quantitative estimate of drug-likeness (QED) is 0.725. The van der Waals surface area contributed by atoms with Crippen LogP contribution in [0.1, 0.15) is 15.4 Å². The van der Waals surface area contributed by atoms with Gasteiger partial charge in [0.05, 0.1) is 5.69 Å². The molecule has 20 heavy (non-hydrogen) atoms. The van der Waals surface area contributed by atoms with Crippen LogP contribution in [-0.4, -0.2) is 34.3 Å². The minimum atomic E-state index is 0.0271. The van der Waals surface area contributed by atoms with Crippen molar-refractivity contribution in [3.05, 3.63) is 47.1 Å². The van der Waals surface area contributed by atoms with Crippen molar-refractivity contribution >= 4 is 22.2 Å². The van der Waals surface area contributed by atoms with Crippen LogP contribution in [0, 0.1) is 6.92 Å². The Labute approximate surface area is 121 Å².